The Morgan fingerprint density at radius 2 is 2.36 bits per heavy atom. The molecule has 0 spiro atoms. The zero-order valence-electron chi connectivity index (χ0n) is 7.34. The van der Waals surface area contributed by atoms with Crippen LogP contribution in [0.3, 0.4) is 0 Å². The highest BCUT2D eigenvalue weighted by Crippen LogP contribution is 2.10. The van der Waals surface area contributed by atoms with E-state index in [1.807, 2.05) is 0 Å². The first kappa shape index (κ1) is 8.49. The van der Waals surface area contributed by atoms with Crippen LogP contribution in [-0.4, -0.2) is 25.9 Å². The van der Waals surface area contributed by atoms with Gasteiger partial charge in [0.25, 0.3) is 5.89 Å². The number of aromatic nitrogens is 4. The molecule has 0 radical (unpaired) electrons. The van der Waals surface area contributed by atoms with Gasteiger partial charge in [-0.25, -0.2) is 9.97 Å². The van der Waals surface area contributed by atoms with Crippen LogP contribution in [0.4, 0.5) is 0 Å². The monoisotopic (exact) mass is 190 g/mol. The number of hydrogen-bond acceptors (Lipinski definition) is 6. The Balaban J connectivity index is 2.39. The van der Waals surface area contributed by atoms with Crippen molar-refractivity contribution in [2.45, 2.75) is 6.92 Å². The smallest absolute Gasteiger partial charge is 0.294 e. The van der Waals surface area contributed by atoms with Crippen molar-refractivity contribution in [2.24, 2.45) is 0 Å². The molecule has 0 aromatic carbocycles. The summed E-state index contributed by atoms with van der Waals surface area (Å²) in [4.78, 5) is 22.4. The number of carbonyl (C=O) groups excluding carboxylic acids is 1. The molecule has 2 rings (SSSR count). The molecule has 0 N–H and O–H groups in total. The van der Waals surface area contributed by atoms with Gasteiger partial charge in [-0.05, 0) is 6.07 Å². The summed E-state index contributed by atoms with van der Waals surface area (Å²) in [7, 11) is 0. The van der Waals surface area contributed by atoms with E-state index >= 15 is 0 Å². The number of Topliss-reactive ketones (excluding diaryl/α,β-unsaturated/α-hetero) is 1. The maximum Gasteiger partial charge on any atom is 0.294 e. The maximum atomic E-state index is 10.9. The van der Waals surface area contributed by atoms with Crippen LogP contribution in [-0.2, 0) is 0 Å². The first-order valence-corrected chi connectivity index (χ1v) is 3.88. The van der Waals surface area contributed by atoms with Gasteiger partial charge in [0.1, 0.15) is 12.0 Å². The molecule has 0 fully saturated rings. The second kappa shape index (κ2) is 3.33. The van der Waals surface area contributed by atoms with Crippen LogP contribution in [0.5, 0.6) is 0 Å². The SMILES string of the molecule is CC(=O)c1nc(-c2ccncn2)no1. The summed E-state index contributed by atoms with van der Waals surface area (Å²) < 4.78 is 4.71. The van der Waals surface area contributed by atoms with Gasteiger partial charge in [0.05, 0.1) is 0 Å². The minimum absolute atomic E-state index is 0.0152. The Labute approximate surface area is 79.0 Å². The van der Waals surface area contributed by atoms with E-state index in [0.717, 1.165) is 0 Å². The Hall–Kier alpha value is -2.11. The summed E-state index contributed by atoms with van der Waals surface area (Å²) in [5, 5.41) is 3.61. The second-order valence-electron chi connectivity index (χ2n) is 2.57. The normalized spacial score (nSPS) is 10.1. The zero-order valence-corrected chi connectivity index (χ0v) is 7.34. The quantitative estimate of drug-likeness (QED) is 0.649. The molecule has 0 bridgehead atoms. The standard InChI is InChI=1S/C8H6N4O2/c1-5(13)8-11-7(12-14-8)6-2-3-9-4-10-6/h2-4H,1H3. The van der Waals surface area contributed by atoms with Crippen LogP contribution in [0, 0.1) is 0 Å². The van der Waals surface area contributed by atoms with E-state index in [0.29, 0.717) is 5.69 Å². The number of hydrogen-bond donors (Lipinski definition) is 0. The van der Waals surface area contributed by atoms with E-state index < -0.39 is 0 Å². The number of rotatable bonds is 2. The summed E-state index contributed by atoms with van der Waals surface area (Å²) in [6.45, 7) is 1.36. The van der Waals surface area contributed by atoms with Gasteiger partial charge < -0.3 is 4.52 Å². The lowest BCUT2D eigenvalue weighted by Gasteiger charge is -1.88. The maximum absolute atomic E-state index is 10.9. The van der Waals surface area contributed by atoms with Crippen LogP contribution in [0.15, 0.2) is 23.1 Å². The second-order valence-corrected chi connectivity index (χ2v) is 2.57. The minimum Gasteiger partial charge on any atom is -0.330 e. The molecular formula is C8H6N4O2. The number of carbonyl (C=O) groups is 1. The van der Waals surface area contributed by atoms with Gasteiger partial charge in [-0.2, -0.15) is 4.98 Å². The van der Waals surface area contributed by atoms with Crippen molar-refractivity contribution in [3.63, 3.8) is 0 Å². The van der Waals surface area contributed by atoms with Crippen molar-refractivity contribution >= 4 is 5.78 Å². The van der Waals surface area contributed by atoms with Crippen molar-refractivity contribution in [1.82, 2.24) is 20.1 Å². The highest BCUT2D eigenvalue weighted by atomic mass is 16.5. The molecule has 0 aliphatic rings. The fourth-order valence-electron chi connectivity index (χ4n) is 0.893. The molecule has 2 heterocycles. The number of nitrogens with zero attached hydrogens (tertiary/aromatic N) is 4. The highest BCUT2D eigenvalue weighted by Gasteiger charge is 2.12. The average molecular weight is 190 g/mol. The molecule has 0 atom stereocenters. The van der Waals surface area contributed by atoms with Crippen LogP contribution in [0.1, 0.15) is 17.6 Å². The Bertz CT molecular complexity index is 451. The Morgan fingerprint density at radius 1 is 1.50 bits per heavy atom. The molecule has 6 nitrogen and oxygen atoms in total. The van der Waals surface area contributed by atoms with Gasteiger partial charge in [-0.15, -0.1) is 0 Å². The van der Waals surface area contributed by atoms with Gasteiger partial charge >= 0.3 is 0 Å². The summed E-state index contributed by atoms with van der Waals surface area (Å²) in [5.74, 6) is 0.00835. The molecule has 6 heteroatoms. The fraction of sp³-hybridized carbons (Fsp3) is 0.125. The molecule has 2 aromatic rings. The zero-order chi connectivity index (χ0) is 9.97. The number of ketones is 1. The largest absolute Gasteiger partial charge is 0.330 e. The predicted octanol–water partition coefficient (Wildman–Crippen LogP) is 0.729. The van der Waals surface area contributed by atoms with Crippen LogP contribution >= 0.6 is 0 Å². The van der Waals surface area contributed by atoms with E-state index in [1.165, 1.54) is 13.3 Å². The average Bonchev–Trinajstić information content (AvgIpc) is 2.68. The Kier molecular flexibility index (Phi) is 2.02. The van der Waals surface area contributed by atoms with Crippen molar-refractivity contribution < 1.29 is 9.32 Å². The van der Waals surface area contributed by atoms with Crippen LogP contribution in [0.25, 0.3) is 11.5 Å². The van der Waals surface area contributed by atoms with Gasteiger partial charge in [0, 0.05) is 13.1 Å². The van der Waals surface area contributed by atoms with Gasteiger partial charge in [0.2, 0.25) is 11.6 Å². The summed E-state index contributed by atoms with van der Waals surface area (Å²) >= 11 is 0. The van der Waals surface area contributed by atoms with Crippen molar-refractivity contribution in [1.29, 1.82) is 0 Å². The molecule has 0 saturated carbocycles. The molecule has 0 unspecified atom stereocenters. The van der Waals surface area contributed by atoms with Crippen LogP contribution in [0.2, 0.25) is 0 Å². The van der Waals surface area contributed by atoms with E-state index in [9.17, 15) is 4.79 Å². The van der Waals surface area contributed by atoms with Crippen molar-refractivity contribution in [2.75, 3.05) is 0 Å². The molecule has 0 aliphatic heterocycles. The van der Waals surface area contributed by atoms with E-state index in [1.54, 1.807) is 12.3 Å². The first-order chi connectivity index (χ1) is 6.77. The molecule has 70 valence electrons. The summed E-state index contributed by atoms with van der Waals surface area (Å²) in [5.41, 5.74) is 0.524. The molecule has 0 amide bonds. The third kappa shape index (κ3) is 1.49. The molecule has 2 aromatic heterocycles. The van der Waals surface area contributed by atoms with E-state index in [4.69, 9.17) is 4.52 Å². The third-order valence-electron chi connectivity index (χ3n) is 1.54. The topological polar surface area (TPSA) is 81.8 Å². The van der Waals surface area contributed by atoms with Crippen molar-refractivity contribution in [3.05, 3.63) is 24.5 Å². The molecule has 14 heavy (non-hydrogen) atoms. The lowest BCUT2D eigenvalue weighted by molar-refractivity contribution is 0.0972. The van der Waals surface area contributed by atoms with Crippen molar-refractivity contribution in [3.8, 4) is 11.5 Å². The third-order valence-corrected chi connectivity index (χ3v) is 1.54. The fourth-order valence-corrected chi connectivity index (χ4v) is 0.893. The predicted molar refractivity (Wildman–Crippen MR) is 45.3 cm³/mol. The van der Waals surface area contributed by atoms with E-state index in [-0.39, 0.29) is 17.5 Å². The Morgan fingerprint density at radius 3 is 2.93 bits per heavy atom. The van der Waals surface area contributed by atoms with Gasteiger partial charge in [-0.3, -0.25) is 4.79 Å². The van der Waals surface area contributed by atoms with Gasteiger partial charge in [-0.1, -0.05) is 5.16 Å². The molecular weight excluding hydrogens is 184 g/mol. The van der Waals surface area contributed by atoms with Crippen LogP contribution < -0.4 is 0 Å². The lowest BCUT2D eigenvalue weighted by Crippen LogP contribution is -1.91. The summed E-state index contributed by atoms with van der Waals surface area (Å²) in [6.07, 6.45) is 2.94. The molecule has 0 saturated heterocycles. The molecule has 0 aliphatic carbocycles. The highest BCUT2D eigenvalue weighted by molar-refractivity contribution is 5.89. The summed E-state index contributed by atoms with van der Waals surface area (Å²) in [6, 6.07) is 1.63. The lowest BCUT2D eigenvalue weighted by atomic mass is 10.4. The van der Waals surface area contributed by atoms with E-state index in [2.05, 4.69) is 20.1 Å². The van der Waals surface area contributed by atoms with Gasteiger partial charge in [0.15, 0.2) is 0 Å². The first-order valence-electron chi connectivity index (χ1n) is 3.88. The minimum atomic E-state index is -0.266.